The van der Waals surface area contributed by atoms with E-state index in [1.807, 2.05) is 53.4 Å². The molecule has 1 aliphatic carbocycles. The van der Waals surface area contributed by atoms with Gasteiger partial charge in [0.15, 0.2) is 0 Å². The molecule has 0 saturated heterocycles. The van der Waals surface area contributed by atoms with Crippen molar-refractivity contribution in [1.29, 1.82) is 0 Å². The van der Waals surface area contributed by atoms with Gasteiger partial charge < -0.3 is 9.64 Å². The highest BCUT2D eigenvalue weighted by atomic mass is 16.5. The molecule has 1 aliphatic heterocycles. The van der Waals surface area contributed by atoms with Crippen molar-refractivity contribution in [2.45, 2.75) is 92.0 Å². The normalized spacial score (nSPS) is 21.1. The standard InChI is InChI=1S/C33H44N2O3/c1-6-9-14-23(8-3)32(37)35-28-18-12-11-17-26(28)34-27-21-33(4,5)22-29(36)30(27)31(35)24-15-13-16-25(20-24)38-19-10-7-2/h11-13,15-18,20,23,30-31H,6-10,14,19,21-22H2,1-5H3/t23-,30-,31-/m0/s1. The highest BCUT2D eigenvalue weighted by molar-refractivity contribution is 6.13. The Morgan fingerprint density at radius 3 is 2.55 bits per heavy atom. The number of nitrogens with zero attached hydrogens (tertiary/aromatic N) is 2. The van der Waals surface area contributed by atoms with Crippen molar-refractivity contribution in [1.82, 2.24) is 0 Å². The monoisotopic (exact) mass is 516 g/mol. The number of ketones is 1. The number of para-hydroxylation sites is 2. The summed E-state index contributed by atoms with van der Waals surface area (Å²) in [5.41, 5.74) is 3.22. The van der Waals surface area contributed by atoms with Crippen molar-refractivity contribution in [3.63, 3.8) is 0 Å². The molecular formula is C33H44N2O3. The number of carbonyl (C=O) groups is 2. The molecule has 0 spiro atoms. The molecule has 0 unspecified atom stereocenters. The van der Waals surface area contributed by atoms with Crippen molar-refractivity contribution in [2.24, 2.45) is 22.2 Å². The number of anilines is 1. The van der Waals surface area contributed by atoms with E-state index in [4.69, 9.17) is 9.73 Å². The van der Waals surface area contributed by atoms with Crippen molar-refractivity contribution in [2.75, 3.05) is 11.5 Å². The molecule has 1 heterocycles. The largest absolute Gasteiger partial charge is 0.494 e. The third-order valence-electron chi connectivity index (χ3n) is 7.97. The van der Waals surface area contributed by atoms with Crippen molar-refractivity contribution in [3.8, 4) is 5.75 Å². The van der Waals surface area contributed by atoms with E-state index in [-0.39, 0.29) is 23.0 Å². The number of unbranched alkanes of at least 4 members (excludes halogenated alkanes) is 2. The van der Waals surface area contributed by atoms with E-state index in [9.17, 15) is 9.59 Å². The van der Waals surface area contributed by atoms with Crippen LogP contribution < -0.4 is 9.64 Å². The average Bonchev–Trinajstić information content (AvgIpc) is 3.03. The van der Waals surface area contributed by atoms with Crippen LogP contribution in [0, 0.1) is 17.3 Å². The van der Waals surface area contributed by atoms with E-state index in [1.165, 1.54) is 0 Å². The molecule has 0 N–H and O–H groups in total. The van der Waals surface area contributed by atoms with Gasteiger partial charge in [-0.2, -0.15) is 0 Å². The molecule has 1 amide bonds. The zero-order chi connectivity index (χ0) is 27.3. The molecule has 2 aromatic rings. The molecule has 204 valence electrons. The lowest BCUT2D eigenvalue weighted by Crippen LogP contribution is -2.48. The third-order valence-corrected chi connectivity index (χ3v) is 7.97. The summed E-state index contributed by atoms with van der Waals surface area (Å²) in [6, 6.07) is 15.5. The first-order valence-electron chi connectivity index (χ1n) is 14.5. The molecule has 5 heteroatoms. The van der Waals surface area contributed by atoms with Crippen LogP contribution in [0.2, 0.25) is 0 Å². The lowest BCUT2D eigenvalue weighted by Gasteiger charge is -2.42. The maximum Gasteiger partial charge on any atom is 0.230 e. The van der Waals surface area contributed by atoms with Crippen LogP contribution in [0.1, 0.15) is 97.6 Å². The van der Waals surface area contributed by atoms with Crippen LogP contribution in [-0.4, -0.2) is 24.0 Å². The first-order chi connectivity index (χ1) is 18.3. The van der Waals surface area contributed by atoms with Gasteiger partial charge in [-0.3, -0.25) is 14.6 Å². The Kier molecular flexibility index (Phi) is 9.07. The summed E-state index contributed by atoms with van der Waals surface area (Å²) in [4.78, 5) is 35.5. The number of benzene rings is 2. The van der Waals surface area contributed by atoms with E-state index in [1.54, 1.807) is 0 Å². The molecule has 1 fully saturated rings. The number of amides is 1. The Morgan fingerprint density at radius 2 is 1.82 bits per heavy atom. The molecule has 5 nitrogen and oxygen atoms in total. The molecule has 0 radical (unpaired) electrons. The van der Waals surface area contributed by atoms with E-state index < -0.39 is 12.0 Å². The Balaban J connectivity index is 1.89. The van der Waals surface area contributed by atoms with Gasteiger partial charge in [0.2, 0.25) is 5.91 Å². The van der Waals surface area contributed by atoms with Crippen molar-refractivity contribution in [3.05, 3.63) is 54.1 Å². The van der Waals surface area contributed by atoms with Gasteiger partial charge >= 0.3 is 0 Å². The summed E-state index contributed by atoms with van der Waals surface area (Å²) >= 11 is 0. The number of Topliss-reactive ketones (excluding diaryl/α,β-unsaturated/α-hetero) is 1. The van der Waals surface area contributed by atoms with Crippen molar-refractivity contribution < 1.29 is 14.3 Å². The number of aliphatic imine (C=N–C) groups is 1. The first-order valence-corrected chi connectivity index (χ1v) is 14.5. The summed E-state index contributed by atoms with van der Waals surface area (Å²) in [7, 11) is 0. The Hall–Kier alpha value is -2.95. The van der Waals surface area contributed by atoms with Crippen LogP contribution in [0.3, 0.4) is 0 Å². The lowest BCUT2D eigenvalue weighted by molar-refractivity contribution is -0.126. The fourth-order valence-corrected chi connectivity index (χ4v) is 5.98. The number of fused-ring (bicyclic) bond motifs is 2. The Bertz CT molecular complexity index is 1170. The fraction of sp³-hybridized carbons (Fsp3) is 0.545. The second-order valence-corrected chi connectivity index (χ2v) is 11.7. The molecule has 2 aromatic carbocycles. The molecule has 4 rings (SSSR count). The van der Waals surface area contributed by atoms with E-state index in [0.29, 0.717) is 13.0 Å². The number of rotatable bonds is 10. The molecule has 2 aliphatic rings. The number of carbonyl (C=O) groups excluding carboxylic acids is 2. The molecule has 0 aromatic heterocycles. The molecule has 0 bridgehead atoms. The molecule has 38 heavy (non-hydrogen) atoms. The summed E-state index contributed by atoms with van der Waals surface area (Å²) < 4.78 is 6.07. The maximum atomic E-state index is 14.5. The van der Waals surface area contributed by atoms with Gasteiger partial charge in [-0.25, -0.2) is 0 Å². The second-order valence-electron chi connectivity index (χ2n) is 11.7. The van der Waals surface area contributed by atoms with Crippen LogP contribution in [0.5, 0.6) is 5.75 Å². The minimum Gasteiger partial charge on any atom is -0.494 e. The van der Waals surface area contributed by atoms with Crippen LogP contribution in [0.15, 0.2) is 53.5 Å². The van der Waals surface area contributed by atoms with Crippen LogP contribution >= 0.6 is 0 Å². The highest BCUT2D eigenvalue weighted by Crippen LogP contribution is 2.49. The predicted octanol–water partition coefficient (Wildman–Crippen LogP) is 8.25. The van der Waals surface area contributed by atoms with Gasteiger partial charge in [0.05, 0.1) is 29.9 Å². The second kappa shape index (κ2) is 12.3. The zero-order valence-electron chi connectivity index (χ0n) is 23.8. The van der Waals surface area contributed by atoms with E-state index in [0.717, 1.165) is 73.3 Å². The zero-order valence-corrected chi connectivity index (χ0v) is 23.8. The summed E-state index contributed by atoms with van der Waals surface area (Å²) in [6.45, 7) is 11.3. The summed E-state index contributed by atoms with van der Waals surface area (Å²) in [6.07, 6.45) is 6.91. The quantitative estimate of drug-likeness (QED) is 0.299. The molecule has 1 saturated carbocycles. The van der Waals surface area contributed by atoms with Crippen LogP contribution in [0.4, 0.5) is 11.4 Å². The fourth-order valence-electron chi connectivity index (χ4n) is 5.98. The highest BCUT2D eigenvalue weighted by Gasteiger charge is 2.48. The van der Waals surface area contributed by atoms with Gasteiger partial charge in [0, 0.05) is 18.1 Å². The maximum absolute atomic E-state index is 14.5. The smallest absolute Gasteiger partial charge is 0.230 e. The minimum absolute atomic E-state index is 0.0878. The van der Waals surface area contributed by atoms with Crippen LogP contribution in [0.25, 0.3) is 0 Å². The predicted molar refractivity (Wildman–Crippen MR) is 155 cm³/mol. The van der Waals surface area contributed by atoms with E-state index >= 15 is 0 Å². The Morgan fingerprint density at radius 1 is 1.05 bits per heavy atom. The SMILES string of the molecule is CCCCOc1cccc([C@H]2[C@@H]3C(=O)CC(C)(C)CC3=Nc3ccccc3N2C(=O)[C@@H](CC)CCCC)c1. The van der Waals surface area contributed by atoms with Crippen molar-refractivity contribution >= 4 is 28.8 Å². The Labute approximate surface area is 228 Å². The van der Waals surface area contributed by atoms with E-state index in [2.05, 4.69) is 34.6 Å². The average molecular weight is 517 g/mol. The van der Waals surface area contributed by atoms with Gasteiger partial charge in [-0.15, -0.1) is 0 Å². The van der Waals surface area contributed by atoms with Gasteiger partial charge in [0.25, 0.3) is 0 Å². The first kappa shape index (κ1) is 28.1. The summed E-state index contributed by atoms with van der Waals surface area (Å²) in [5.74, 6) is 0.445. The third kappa shape index (κ3) is 6.03. The van der Waals surface area contributed by atoms with Crippen LogP contribution in [-0.2, 0) is 9.59 Å². The van der Waals surface area contributed by atoms with Gasteiger partial charge in [-0.1, -0.05) is 78.1 Å². The molecular weight excluding hydrogens is 472 g/mol. The summed E-state index contributed by atoms with van der Waals surface area (Å²) in [5, 5.41) is 0. The topological polar surface area (TPSA) is 59.0 Å². The number of ether oxygens (including phenoxy) is 1. The van der Waals surface area contributed by atoms with Gasteiger partial charge in [0.1, 0.15) is 11.5 Å². The number of hydrogen-bond acceptors (Lipinski definition) is 4. The lowest BCUT2D eigenvalue weighted by atomic mass is 9.67. The minimum atomic E-state index is -0.478. The van der Waals surface area contributed by atoms with Gasteiger partial charge in [-0.05, 0) is 60.9 Å². The molecule has 3 atom stereocenters. The number of hydrogen-bond donors (Lipinski definition) is 0.